The van der Waals surface area contributed by atoms with Gasteiger partial charge in [-0.25, -0.2) is 0 Å². The molecule has 0 unspecified atom stereocenters. The molecule has 62 valence electrons. The molecule has 0 aliphatic rings. The summed E-state index contributed by atoms with van der Waals surface area (Å²) in [5.74, 6) is 0. The Morgan fingerprint density at radius 2 is 1.00 bits per heavy atom. The van der Waals surface area contributed by atoms with Gasteiger partial charge in [0, 0.05) is 0 Å². The van der Waals surface area contributed by atoms with Crippen LogP contribution in [0.4, 0.5) is 0 Å². The Morgan fingerprint density at radius 3 is 1.00 bits per heavy atom. The third-order valence-corrected chi connectivity index (χ3v) is 1.80. The minimum Gasteiger partial charge on any atom is -0.790 e. The van der Waals surface area contributed by atoms with Gasteiger partial charge >= 0.3 is 37.1 Å². The normalized spacial score (nSPS) is 11.3. The van der Waals surface area contributed by atoms with Crippen molar-refractivity contribution < 1.29 is 70.1 Å². The van der Waals surface area contributed by atoms with Gasteiger partial charge in [0.15, 0.2) is 0 Å². The second kappa shape index (κ2) is 5.97. The summed E-state index contributed by atoms with van der Waals surface area (Å²) in [6, 6.07) is 0. The molecule has 0 bridgehead atoms. The molecule has 0 saturated carbocycles. The van der Waals surface area contributed by atoms with Gasteiger partial charge in [-0.2, -0.15) is 0 Å². The summed E-state index contributed by atoms with van der Waals surface area (Å²) in [6.45, 7) is 0. The van der Waals surface area contributed by atoms with Crippen LogP contribution in [0.1, 0.15) is 0 Å². The second-order valence-corrected chi connectivity index (χ2v) is 3.42. The van der Waals surface area contributed by atoms with E-state index in [1.54, 1.807) is 0 Å². The van der Waals surface area contributed by atoms with Crippen molar-refractivity contribution in [3.63, 3.8) is 0 Å². The van der Waals surface area contributed by atoms with Crippen molar-refractivity contribution in [3.8, 4) is 0 Å². The van der Waals surface area contributed by atoms with E-state index in [0.29, 0.717) is 0 Å². The molecule has 0 amide bonds. The van der Waals surface area contributed by atoms with Crippen LogP contribution in [-0.4, -0.2) is 0 Å². The fourth-order valence-electron chi connectivity index (χ4n) is 0.122. The van der Waals surface area contributed by atoms with Crippen LogP contribution >= 0.6 is 15.6 Å². The first kappa shape index (κ1) is 18.3. The van der Waals surface area contributed by atoms with Gasteiger partial charge in [0.1, 0.15) is 0 Å². The molecule has 11 heavy (non-hydrogen) atoms. The molecule has 0 aliphatic carbocycles. The molecule has 0 fully saturated rings. The van der Waals surface area contributed by atoms with E-state index in [0.717, 1.165) is 0 Å². The topological polar surface area (TPSA) is 136 Å². The molecule has 0 N–H and O–H groups in total. The summed E-state index contributed by atoms with van der Waals surface area (Å²) in [5.41, 5.74) is 0. The van der Waals surface area contributed by atoms with Gasteiger partial charge in [-0.15, -0.1) is 0 Å². The van der Waals surface area contributed by atoms with Crippen molar-refractivity contribution >= 4 is 15.6 Å². The van der Waals surface area contributed by atoms with Gasteiger partial charge in [-0.3, -0.25) is 0 Å². The van der Waals surface area contributed by atoms with Crippen LogP contribution in [0.25, 0.3) is 0 Å². The van der Waals surface area contributed by atoms with Crippen molar-refractivity contribution in [2.75, 3.05) is 0 Å². The van der Waals surface area contributed by atoms with Gasteiger partial charge in [-0.1, -0.05) is 0 Å². The summed E-state index contributed by atoms with van der Waals surface area (Å²) >= 11 is 0. The molecule has 0 heterocycles. The first-order valence-electron chi connectivity index (χ1n) is 1.46. The Labute approximate surface area is 85.8 Å². The summed E-state index contributed by atoms with van der Waals surface area (Å²) in [5, 5.41) is 0. The average molecular weight is 276 g/mol. The number of phosphoric acid groups is 2. The Hall–Kier alpha value is 1.43. The van der Waals surface area contributed by atoms with Crippen LogP contribution in [0.2, 0.25) is 0 Å². The zero-order valence-electron chi connectivity index (χ0n) is 4.65. The molecule has 0 spiro atoms. The minimum absolute atomic E-state index is 0. The van der Waals surface area contributed by atoms with Crippen LogP contribution in [0.15, 0.2) is 0 Å². The Bertz CT molecular complexity index is 155. The van der Waals surface area contributed by atoms with Gasteiger partial charge < -0.3 is 33.0 Å². The quantitative estimate of drug-likeness (QED) is 0.480. The molecule has 0 aliphatic heterocycles. The Kier molecular flexibility index (Phi) is 9.91. The largest absolute Gasteiger partial charge is 2.00 e. The summed E-state index contributed by atoms with van der Waals surface area (Å²) < 4.78 is 21.2. The van der Waals surface area contributed by atoms with Crippen LogP contribution in [0.5, 0.6) is 0 Å². The smallest absolute Gasteiger partial charge is 0.790 e. The second-order valence-electron chi connectivity index (χ2n) is 0.976. The Morgan fingerprint density at radius 1 is 0.818 bits per heavy atom. The monoisotopic (exact) mass is 276 g/mol. The maximum atomic E-state index is 9.32. The van der Waals surface area contributed by atoms with Crippen LogP contribution in [-0.2, 0) is 50.6 Å². The van der Waals surface area contributed by atoms with Gasteiger partial charge in [0.05, 0.1) is 15.6 Å². The third kappa shape index (κ3) is 18.4. The standard InChI is InChI=1S/H4O7P2.2V/c1-8(2,3)7-9(4,5)6;;/h(H2,1,2,3)(H2,4,5,6);;/q;2*+2/p-4. The number of hydrogen-bond donors (Lipinski definition) is 0. The van der Waals surface area contributed by atoms with E-state index in [2.05, 4.69) is 4.31 Å². The van der Waals surface area contributed by atoms with E-state index in [1.165, 1.54) is 0 Å². The van der Waals surface area contributed by atoms with Gasteiger partial charge in [0.25, 0.3) is 0 Å². The van der Waals surface area contributed by atoms with Crippen LogP contribution in [0, 0.1) is 0 Å². The first-order valence-corrected chi connectivity index (χ1v) is 4.38. The SMILES string of the molecule is O=P([O-])([O-])OP(=O)([O-])[O-].[V+2].[V+2]. The van der Waals surface area contributed by atoms with E-state index < -0.39 is 15.6 Å². The zero-order valence-corrected chi connectivity index (χ0v) is 9.23. The molecule has 2 radical (unpaired) electrons. The molecule has 0 saturated heterocycles. The third-order valence-electron chi connectivity index (χ3n) is 0.200. The number of hydrogen-bond acceptors (Lipinski definition) is 7. The molecular formula is O7P2V2. The van der Waals surface area contributed by atoms with Crippen molar-refractivity contribution in [2.24, 2.45) is 0 Å². The predicted octanol–water partition coefficient (Wildman–Crippen LogP) is -3.34. The Balaban J connectivity index is -0.000000320. The fourth-order valence-corrected chi connectivity index (χ4v) is 1.10. The molecule has 0 aromatic heterocycles. The summed E-state index contributed by atoms with van der Waals surface area (Å²) in [4.78, 5) is 37.3. The van der Waals surface area contributed by atoms with E-state index >= 15 is 0 Å². The molecule has 0 atom stereocenters. The van der Waals surface area contributed by atoms with E-state index in [4.69, 9.17) is 0 Å². The average Bonchev–Trinajstić information content (AvgIpc) is 1.14. The maximum Gasteiger partial charge on any atom is 2.00 e. The summed E-state index contributed by atoms with van der Waals surface area (Å²) in [7, 11) is -11.4. The van der Waals surface area contributed by atoms with Crippen LogP contribution < -0.4 is 19.6 Å². The fraction of sp³-hybridized carbons (Fsp3) is 0. The van der Waals surface area contributed by atoms with Crippen molar-refractivity contribution in [3.05, 3.63) is 0 Å². The van der Waals surface area contributed by atoms with E-state index in [-0.39, 0.29) is 37.1 Å². The van der Waals surface area contributed by atoms with Crippen molar-refractivity contribution in [1.82, 2.24) is 0 Å². The van der Waals surface area contributed by atoms with E-state index in [1.807, 2.05) is 0 Å². The van der Waals surface area contributed by atoms with E-state index in [9.17, 15) is 28.7 Å². The predicted molar refractivity (Wildman–Crippen MR) is 16.3 cm³/mol. The first-order chi connectivity index (χ1) is 3.71. The molecule has 0 aromatic rings. The van der Waals surface area contributed by atoms with Crippen molar-refractivity contribution in [2.45, 2.75) is 0 Å². The van der Waals surface area contributed by atoms with Gasteiger partial charge in [0.2, 0.25) is 0 Å². The van der Waals surface area contributed by atoms with Crippen LogP contribution in [0.3, 0.4) is 0 Å². The molecule has 0 rings (SSSR count). The summed E-state index contributed by atoms with van der Waals surface area (Å²) in [6.07, 6.45) is 0. The minimum atomic E-state index is -5.68. The van der Waals surface area contributed by atoms with Crippen molar-refractivity contribution in [1.29, 1.82) is 0 Å². The molecule has 11 heteroatoms. The molecule has 0 aromatic carbocycles. The molecular weight excluding hydrogens is 276 g/mol. The van der Waals surface area contributed by atoms with Gasteiger partial charge in [-0.05, 0) is 0 Å². The number of rotatable bonds is 2. The molecule has 7 nitrogen and oxygen atoms in total. The zero-order chi connectivity index (χ0) is 7.71. The maximum absolute atomic E-state index is 9.32.